The lowest BCUT2D eigenvalue weighted by Gasteiger charge is -2.32. The maximum atomic E-state index is 7.13. The minimum absolute atomic E-state index is 0.0265. The number of hydrogen-bond acceptors (Lipinski definition) is 4. The molecule has 0 spiro atoms. The number of para-hydroxylation sites is 1. The number of aromatic nitrogens is 1. The maximum Gasteiger partial charge on any atom is 0.274 e. The van der Waals surface area contributed by atoms with Gasteiger partial charge in [-0.1, -0.05) is 107 Å². The van der Waals surface area contributed by atoms with E-state index in [4.69, 9.17) is 9.47 Å². The highest BCUT2D eigenvalue weighted by molar-refractivity contribution is 7.33. The van der Waals surface area contributed by atoms with Crippen LogP contribution in [0.5, 0.6) is 23.0 Å². The Kier molecular flexibility index (Phi) is 6.10. The van der Waals surface area contributed by atoms with E-state index >= 15 is 0 Å². The lowest BCUT2D eigenvalue weighted by Crippen LogP contribution is -2.56. The van der Waals surface area contributed by atoms with Crippen LogP contribution in [0.1, 0.15) is 51.3 Å². The smallest absolute Gasteiger partial charge is 0.274 e. The van der Waals surface area contributed by atoms with E-state index in [2.05, 4.69) is 167 Å². The molecule has 5 heterocycles. The molecule has 2 aliphatic heterocycles. The lowest BCUT2D eigenvalue weighted by atomic mass is 9.37. The molecule has 0 atom stereocenters. The Balaban J connectivity index is 1.15. The van der Waals surface area contributed by atoms with Gasteiger partial charge in [0.25, 0.3) is 6.71 Å². The Morgan fingerprint density at radius 2 is 1.33 bits per heavy atom. The predicted octanol–water partition coefficient (Wildman–Crippen LogP) is 12.7. The minimum Gasteiger partial charge on any atom is -0.458 e. The first-order chi connectivity index (χ1) is 27.6. The van der Waals surface area contributed by atoms with Crippen LogP contribution in [0.3, 0.4) is 0 Å². The number of thiophene rings is 2. The molecule has 272 valence electrons. The molecule has 0 saturated heterocycles. The van der Waals surface area contributed by atoms with Crippen LogP contribution in [0.15, 0.2) is 127 Å². The molecule has 0 amide bonds. The SMILES string of the molecule is CC(C)(C)c1ccc2sc3c(c2c1)Oc1cccc2c1B3c1c(cc(-n3c4ccccc4c4cc5c(cc43)-c3ccccc3C5(C)C)c3sc4ccccc4c13)O2. The molecule has 0 N–H and O–H groups in total. The summed E-state index contributed by atoms with van der Waals surface area (Å²) in [6.07, 6.45) is 0. The molecular formula is C51H36BNO2S2. The summed E-state index contributed by atoms with van der Waals surface area (Å²) in [4.78, 5) is 0. The van der Waals surface area contributed by atoms with Gasteiger partial charge in [-0.25, -0.2) is 0 Å². The zero-order chi connectivity index (χ0) is 38.1. The molecule has 3 nitrogen and oxygen atoms in total. The van der Waals surface area contributed by atoms with Crippen molar-refractivity contribution in [3.8, 4) is 39.8 Å². The Hall–Kier alpha value is -5.82. The summed E-state index contributed by atoms with van der Waals surface area (Å²) in [6.45, 7) is 11.6. The fraction of sp³-hybridized carbons (Fsp3) is 0.137. The molecule has 3 aromatic heterocycles. The molecular weight excluding hydrogens is 734 g/mol. The molecule has 10 aromatic rings. The van der Waals surface area contributed by atoms with Gasteiger partial charge in [0.2, 0.25) is 0 Å². The molecule has 57 heavy (non-hydrogen) atoms. The fourth-order valence-corrected chi connectivity index (χ4v) is 12.8. The van der Waals surface area contributed by atoms with Crippen LogP contribution in [0.4, 0.5) is 0 Å². The molecule has 13 rings (SSSR count). The molecule has 7 aromatic carbocycles. The first kappa shape index (κ1) is 32.3. The quantitative estimate of drug-likeness (QED) is 0.155. The Morgan fingerprint density at radius 1 is 0.579 bits per heavy atom. The number of nitrogens with zero attached hydrogens (tertiary/aromatic N) is 1. The second-order valence-corrected chi connectivity index (χ2v) is 19.7. The van der Waals surface area contributed by atoms with Gasteiger partial charge in [-0.3, -0.25) is 0 Å². The van der Waals surface area contributed by atoms with Gasteiger partial charge >= 0.3 is 0 Å². The Morgan fingerprint density at radius 3 is 2.19 bits per heavy atom. The van der Waals surface area contributed by atoms with E-state index < -0.39 is 0 Å². The Bertz CT molecular complexity index is 3450. The van der Waals surface area contributed by atoms with E-state index in [1.807, 2.05) is 22.7 Å². The predicted molar refractivity (Wildman–Crippen MR) is 243 cm³/mol. The van der Waals surface area contributed by atoms with E-state index in [9.17, 15) is 0 Å². The third-order valence-corrected chi connectivity index (χ3v) is 15.5. The topological polar surface area (TPSA) is 23.4 Å². The molecule has 0 unspecified atom stereocenters. The summed E-state index contributed by atoms with van der Waals surface area (Å²) in [7, 11) is 0. The van der Waals surface area contributed by atoms with Crippen molar-refractivity contribution in [2.24, 2.45) is 0 Å². The highest BCUT2D eigenvalue weighted by Crippen LogP contribution is 2.52. The van der Waals surface area contributed by atoms with Gasteiger partial charge < -0.3 is 14.0 Å². The zero-order valence-corrected chi connectivity index (χ0v) is 33.9. The van der Waals surface area contributed by atoms with Crippen molar-refractivity contribution in [3.63, 3.8) is 0 Å². The number of benzene rings is 7. The summed E-state index contributed by atoms with van der Waals surface area (Å²) in [6, 6.07) is 47.4. The molecule has 0 radical (unpaired) electrons. The average molecular weight is 770 g/mol. The van der Waals surface area contributed by atoms with Crippen molar-refractivity contribution in [3.05, 3.63) is 144 Å². The van der Waals surface area contributed by atoms with E-state index in [1.165, 1.54) is 90.1 Å². The Labute approximate surface area is 338 Å². The van der Waals surface area contributed by atoms with Gasteiger partial charge in [-0.15, -0.1) is 22.7 Å². The minimum atomic E-state index is -0.0859. The van der Waals surface area contributed by atoms with Crippen LogP contribution in [-0.4, -0.2) is 11.3 Å². The van der Waals surface area contributed by atoms with Gasteiger partial charge in [0.15, 0.2) is 0 Å². The maximum absolute atomic E-state index is 7.13. The monoisotopic (exact) mass is 769 g/mol. The van der Waals surface area contributed by atoms with E-state index in [0.29, 0.717) is 0 Å². The second kappa shape index (κ2) is 10.8. The summed E-state index contributed by atoms with van der Waals surface area (Å²) < 4.78 is 21.6. The normalized spacial score (nSPS) is 14.8. The third kappa shape index (κ3) is 4.12. The summed E-state index contributed by atoms with van der Waals surface area (Å²) in [5.41, 5.74) is 12.6. The van der Waals surface area contributed by atoms with Crippen LogP contribution in [0, 0.1) is 0 Å². The average Bonchev–Trinajstić information content (AvgIpc) is 3.93. The van der Waals surface area contributed by atoms with Gasteiger partial charge in [0.05, 0.1) is 21.4 Å². The van der Waals surface area contributed by atoms with Crippen molar-refractivity contribution < 1.29 is 9.47 Å². The van der Waals surface area contributed by atoms with Gasteiger partial charge in [0.1, 0.15) is 23.0 Å². The molecule has 0 saturated carbocycles. The number of hydrogen-bond donors (Lipinski definition) is 0. The van der Waals surface area contributed by atoms with Crippen molar-refractivity contribution in [1.82, 2.24) is 4.57 Å². The first-order valence-electron chi connectivity index (χ1n) is 19.9. The number of rotatable bonds is 1. The van der Waals surface area contributed by atoms with E-state index in [0.717, 1.165) is 34.1 Å². The first-order valence-corrected chi connectivity index (χ1v) is 21.5. The van der Waals surface area contributed by atoms with E-state index in [1.54, 1.807) is 0 Å². The van der Waals surface area contributed by atoms with E-state index in [-0.39, 0.29) is 17.5 Å². The van der Waals surface area contributed by atoms with Gasteiger partial charge in [-0.2, -0.15) is 0 Å². The standard InChI is InChI=1S/C51H36BNO2S2/c1-50(2,3)27-21-22-43-33(23-27)47-49(57-43)52-45-39(18-12-19-40(45)55-47)54-41-26-38(48-44(46(41)52)30-15-8-11-20-42(30)56-48)53-36-17-10-7-14-29(36)32-24-35-31(25-37(32)53)28-13-6-9-16-34(28)51(35,4)5/h6-26H,1-5H3. The zero-order valence-electron chi connectivity index (χ0n) is 32.3. The third-order valence-electron chi connectivity index (χ3n) is 13.1. The fourth-order valence-electron chi connectivity index (χ4n) is 10.3. The largest absolute Gasteiger partial charge is 0.458 e. The van der Waals surface area contributed by atoms with Crippen LogP contribution >= 0.6 is 22.7 Å². The second-order valence-electron chi connectivity index (χ2n) is 17.6. The molecule has 6 heteroatoms. The van der Waals surface area contributed by atoms with Crippen molar-refractivity contribution in [1.29, 1.82) is 0 Å². The number of ether oxygens (including phenoxy) is 2. The van der Waals surface area contributed by atoms with Gasteiger partial charge in [-0.05, 0) is 87.2 Å². The molecule has 3 aliphatic rings. The highest BCUT2D eigenvalue weighted by Gasteiger charge is 2.44. The van der Waals surface area contributed by atoms with Crippen molar-refractivity contribution in [2.75, 3.05) is 0 Å². The van der Waals surface area contributed by atoms with Crippen molar-refractivity contribution >= 4 is 97.2 Å². The van der Waals surface area contributed by atoms with Crippen LogP contribution in [-0.2, 0) is 10.8 Å². The lowest BCUT2D eigenvalue weighted by molar-refractivity contribution is 0.468. The van der Waals surface area contributed by atoms with Crippen LogP contribution < -0.4 is 25.2 Å². The van der Waals surface area contributed by atoms with Crippen LogP contribution in [0.2, 0.25) is 0 Å². The van der Waals surface area contributed by atoms with Gasteiger partial charge in [0, 0.05) is 58.1 Å². The van der Waals surface area contributed by atoms with Crippen LogP contribution in [0.25, 0.3) is 68.9 Å². The van der Waals surface area contributed by atoms with Crippen molar-refractivity contribution in [2.45, 2.75) is 45.4 Å². The molecule has 0 bridgehead atoms. The number of fused-ring (bicyclic) bond motifs is 16. The summed E-state index contributed by atoms with van der Waals surface area (Å²) >= 11 is 3.76. The summed E-state index contributed by atoms with van der Waals surface area (Å²) in [5, 5.41) is 6.27. The highest BCUT2D eigenvalue weighted by atomic mass is 32.1. The molecule has 1 aliphatic carbocycles. The molecule has 0 fully saturated rings. The summed E-state index contributed by atoms with van der Waals surface area (Å²) in [5.74, 6) is 3.65.